The molecule has 1 aromatic heterocycles. The van der Waals surface area contributed by atoms with Crippen LogP contribution in [-0.2, 0) is 4.79 Å². The first-order valence-electron chi connectivity index (χ1n) is 7.26. The number of amides is 1. The molecule has 0 fully saturated rings. The van der Waals surface area contributed by atoms with Gasteiger partial charge in [-0.05, 0) is 64.8 Å². The molecule has 2 rings (SSSR count). The summed E-state index contributed by atoms with van der Waals surface area (Å²) in [6.07, 6.45) is 1.45. The van der Waals surface area contributed by atoms with E-state index in [1.165, 1.54) is 6.21 Å². The van der Waals surface area contributed by atoms with Crippen LogP contribution in [0, 0.1) is 10.7 Å². The van der Waals surface area contributed by atoms with Crippen LogP contribution in [0.2, 0.25) is 0 Å². The van der Waals surface area contributed by atoms with Gasteiger partial charge in [0.1, 0.15) is 11.5 Å². The quantitative estimate of drug-likeness (QED) is 0.434. The molecule has 0 spiro atoms. The highest BCUT2D eigenvalue weighted by molar-refractivity contribution is 14.1. The second-order valence-corrected chi connectivity index (χ2v) is 6.48. The van der Waals surface area contributed by atoms with E-state index in [1.54, 1.807) is 6.07 Å². The van der Waals surface area contributed by atoms with E-state index in [9.17, 15) is 4.79 Å². The topological polar surface area (TPSA) is 63.8 Å². The van der Waals surface area contributed by atoms with Gasteiger partial charge in [-0.15, -0.1) is 0 Å². The van der Waals surface area contributed by atoms with Crippen LogP contribution in [-0.4, -0.2) is 18.7 Å². The van der Waals surface area contributed by atoms with E-state index in [0.29, 0.717) is 11.7 Å². The van der Waals surface area contributed by atoms with Crippen molar-refractivity contribution in [2.75, 3.05) is 6.61 Å². The number of halogens is 1. The Kier molecular flexibility index (Phi) is 6.20. The number of hydrogen-bond acceptors (Lipinski definition) is 4. The Morgan fingerprint density at radius 1 is 1.39 bits per heavy atom. The minimum Gasteiger partial charge on any atom is -0.483 e. The van der Waals surface area contributed by atoms with Crippen molar-refractivity contribution in [3.63, 3.8) is 0 Å². The molecule has 0 saturated heterocycles. The molecule has 1 aromatic carbocycles. The number of aryl methyl sites for hydroxylation is 1. The second-order valence-electron chi connectivity index (χ2n) is 5.42. The smallest absolute Gasteiger partial charge is 0.277 e. The van der Waals surface area contributed by atoms with Crippen molar-refractivity contribution in [2.45, 2.75) is 26.7 Å². The van der Waals surface area contributed by atoms with E-state index >= 15 is 0 Å². The summed E-state index contributed by atoms with van der Waals surface area (Å²) < 4.78 is 11.7. The average Bonchev–Trinajstić information content (AvgIpc) is 2.90. The third-order valence-corrected chi connectivity index (χ3v) is 3.70. The Labute approximate surface area is 149 Å². The van der Waals surface area contributed by atoms with Crippen molar-refractivity contribution in [1.82, 2.24) is 5.43 Å². The first-order chi connectivity index (χ1) is 11.0. The fraction of sp³-hybridized carbons (Fsp3) is 0.294. The van der Waals surface area contributed by atoms with Gasteiger partial charge in [0.05, 0.1) is 6.21 Å². The monoisotopic (exact) mass is 426 g/mol. The summed E-state index contributed by atoms with van der Waals surface area (Å²) in [5.41, 5.74) is 4.59. The molecule has 122 valence electrons. The number of hydrazone groups is 1. The molecule has 1 amide bonds. The van der Waals surface area contributed by atoms with Crippen molar-refractivity contribution in [1.29, 1.82) is 0 Å². The SMILES string of the molecule is Cc1ccc(C(C)C)c(OCC(=O)N/N=C/c2ccc(I)o2)c1. The van der Waals surface area contributed by atoms with Crippen molar-refractivity contribution >= 4 is 34.7 Å². The van der Waals surface area contributed by atoms with E-state index in [1.807, 2.05) is 31.2 Å². The van der Waals surface area contributed by atoms with Crippen LogP contribution in [0.15, 0.2) is 39.9 Å². The van der Waals surface area contributed by atoms with Crippen LogP contribution < -0.4 is 10.2 Å². The Balaban J connectivity index is 1.89. The lowest BCUT2D eigenvalue weighted by Crippen LogP contribution is -2.24. The number of hydrogen-bond donors (Lipinski definition) is 1. The predicted octanol–water partition coefficient (Wildman–Crippen LogP) is 3.85. The van der Waals surface area contributed by atoms with E-state index in [0.717, 1.165) is 20.6 Å². The zero-order chi connectivity index (χ0) is 16.8. The summed E-state index contributed by atoms with van der Waals surface area (Å²) in [5.74, 6) is 1.32. The Bertz CT molecular complexity index is 708. The molecule has 0 atom stereocenters. The molecule has 0 unspecified atom stereocenters. The van der Waals surface area contributed by atoms with Gasteiger partial charge in [0, 0.05) is 0 Å². The molecule has 0 saturated carbocycles. The van der Waals surface area contributed by atoms with Gasteiger partial charge in [0.25, 0.3) is 5.91 Å². The zero-order valence-corrected chi connectivity index (χ0v) is 15.5. The van der Waals surface area contributed by atoms with Crippen LogP contribution in [0.4, 0.5) is 0 Å². The van der Waals surface area contributed by atoms with Gasteiger partial charge in [-0.25, -0.2) is 5.43 Å². The summed E-state index contributed by atoms with van der Waals surface area (Å²) >= 11 is 2.06. The van der Waals surface area contributed by atoms with E-state index in [-0.39, 0.29) is 12.5 Å². The summed E-state index contributed by atoms with van der Waals surface area (Å²) in [7, 11) is 0. The fourth-order valence-corrected chi connectivity index (χ4v) is 2.42. The molecule has 5 nitrogen and oxygen atoms in total. The maximum absolute atomic E-state index is 11.8. The molecule has 6 heteroatoms. The third kappa shape index (κ3) is 5.38. The lowest BCUT2D eigenvalue weighted by Gasteiger charge is -2.14. The van der Waals surface area contributed by atoms with Gasteiger partial charge in [-0.1, -0.05) is 26.0 Å². The Morgan fingerprint density at radius 2 is 2.17 bits per heavy atom. The van der Waals surface area contributed by atoms with E-state index in [4.69, 9.17) is 9.15 Å². The molecule has 2 aromatic rings. The van der Waals surface area contributed by atoms with Crippen LogP contribution in [0.25, 0.3) is 0 Å². The van der Waals surface area contributed by atoms with Gasteiger partial charge in [0.15, 0.2) is 10.4 Å². The molecule has 23 heavy (non-hydrogen) atoms. The van der Waals surface area contributed by atoms with Gasteiger partial charge < -0.3 is 9.15 Å². The molecule has 1 heterocycles. The molecular weight excluding hydrogens is 407 g/mol. The number of nitrogens with one attached hydrogen (secondary N) is 1. The van der Waals surface area contributed by atoms with Crippen molar-refractivity contribution in [3.8, 4) is 5.75 Å². The fourth-order valence-electron chi connectivity index (χ4n) is 1.98. The highest BCUT2D eigenvalue weighted by atomic mass is 127. The van der Waals surface area contributed by atoms with E-state index in [2.05, 4.69) is 47.0 Å². The minimum absolute atomic E-state index is 0.0871. The number of carbonyl (C=O) groups is 1. The first kappa shape index (κ1) is 17.5. The summed E-state index contributed by atoms with van der Waals surface area (Å²) in [4.78, 5) is 11.8. The number of carbonyl (C=O) groups excluding carboxylic acids is 1. The van der Waals surface area contributed by atoms with Crippen LogP contribution in [0.5, 0.6) is 5.75 Å². The standard InChI is InChI=1S/C17H19IN2O3/c1-11(2)14-6-4-12(3)8-15(14)22-10-17(21)20-19-9-13-5-7-16(18)23-13/h4-9,11H,10H2,1-3H3,(H,20,21)/b19-9+. The average molecular weight is 426 g/mol. The molecule has 0 aliphatic carbocycles. The van der Waals surface area contributed by atoms with Crippen molar-refractivity contribution in [2.24, 2.45) is 5.10 Å². The highest BCUT2D eigenvalue weighted by Crippen LogP contribution is 2.27. The Morgan fingerprint density at radius 3 is 2.83 bits per heavy atom. The largest absolute Gasteiger partial charge is 0.483 e. The molecule has 0 radical (unpaired) electrons. The number of furan rings is 1. The maximum Gasteiger partial charge on any atom is 0.277 e. The van der Waals surface area contributed by atoms with Crippen molar-refractivity contribution in [3.05, 3.63) is 51.0 Å². The highest BCUT2D eigenvalue weighted by Gasteiger charge is 2.10. The normalized spacial score (nSPS) is 11.2. The number of rotatable bonds is 6. The van der Waals surface area contributed by atoms with Crippen LogP contribution in [0.1, 0.15) is 36.7 Å². The number of nitrogens with zero attached hydrogens (tertiary/aromatic N) is 1. The van der Waals surface area contributed by atoms with E-state index < -0.39 is 0 Å². The predicted molar refractivity (Wildman–Crippen MR) is 97.9 cm³/mol. The summed E-state index contributed by atoms with van der Waals surface area (Å²) in [6.45, 7) is 6.08. The van der Waals surface area contributed by atoms with Gasteiger partial charge in [0.2, 0.25) is 0 Å². The van der Waals surface area contributed by atoms with Crippen LogP contribution in [0.3, 0.4) is 0 Å². The lowest BCUT2D eigenvalue weighted by molar-refractivity contribution is -0.123. The van der Waals surface area contributed by atoms with Gasteiger partial charge in [-0.2, -0.15) is 5.10 Å². The Hall–Kier alpha value is -1.83. The van der Waals surface area contributed by atoms with Gasteiger partial charge >= 0.3 is 0 Å². The lowest BCUT2D eigenvalue weighted by atomic mass is 10.0. The summed E-state index contributed by atoms with van der Waals surface area (Å²) in [6, 6.07) is 9.60. The maximum atomic E-state index is 11.8. The molecule has 0 aliphatic rings. The van der Waals surface area contributed by atoms with Gasteiger partial charge in [-0.3, -0.25) is 4.79 Å². The van der Waals surface area contributed by atoms with Crippen molar-refractivity contribution < 1.29 is 13.9 Å². The van der Waals surface area contributed by atoms with Crippen LogP contribution >= 0.6 is 22.6 Å². The molecule has 1 N–H and O–H groups in total. The zero-order valence-electron chi connectivity index (χ0n) is 13.3. The second kappa shape index (κ2) is 8.14. The number of benzene rings is 1. The molecule has 0 aliphatic heterocycles. The third-order valence-electron chi connectivity index (χ3n) is 3.12. The summed E-state index contributed by atoms with van der Waals surface area (Å²) in [5, 5.41) is 3.84. The number of ether oxygens (including phenoxy) is 1. The minimum atomic E-state index is -0.321. The molecule has 0 bridgehead atoms. The molecular formula is C17H19IN2O3. The first-order valence-corrected chi connectivity index (χ1v) is 8.34.